The molecule has 1 fully saturated rings. The second-order valence-corrected chi connectivity index (χ2v) is 6.71. The van der Waals surface area contributed by atoms with Gasteiger partial charge in [-0.15, -0.1) is 0 Å². The zero-order valence-corrected chi connectivity index (χ0v) is 14.5. The highest BCUT2D eigenvalue weighted by molar-refractivity contribution is 5.93. The molecule has 25 heavy (non-hydrogen) atoms. The van der Waals surface area contributed by atoms with E-state index in [0.717, 1.165) is 12.8 Å². The predicted molar refractivity (Wildman–Crippen MR) is 94.1 cm³/mol. The molecule has 0 spiro atoms. The molecular weight excluding hydrogens is 318 g/mol. The molecule has 1 heterocycles. The number of nitrogens with zero attached hydrogens (tertiary/aromatic N) is 1. The van der Waals surface area contributed by atoms with E-state index in [4.69, 9.17) is 4.52 Å². The Labute approximate surface area is 147 Å². The first-order chi connectivity index (χ1) is 12.0. The van der Waals surface area contributed by atoms with E-state index in [0.29, 0.717) is 23.9 Å². The molecule has 0 saturated heterocycles. The van der Waals surface area contributed by atoms with Gasteiger partial charge in [-0.3, -0.25) is 9.59 Å². The number of anilines is 1. The number of aromatic nitrogens is 1. The third-order valence-electron chi connectivity index (χ3n) is 4.44. The van der Waals surface area contributed by atoms with E-state index in [-0.39, 0.29) is 24.3 Å². The van der Waals surface area contributed by atoms with Gasteiger partial charge in [-0.2, -0.15) is 0 Å². The van der Waals surface area contributed by atoms with Crippen molar-refractivity contribution in [3.05, 3.63) is 47.2 Å². The number of benzene rings is 1. The van der Waals surface area contributed by atoms with Gasteiger partial charge in [-0.05, 0) is 44.1 Å². The van der Waals surface area contributed by atoms with Crippen molar-refractivity contribution in [2.45, 2.75) is 39.0 Å². The molecule has 2 aromatic rings. The quantitative estimate of drug-likeness (QED) is 0.811. The molecule has 6 heteroatoms. The molecule has 2 amide bonds. The fourth-order valence-electron chi connectivity index (χ4n) is 2.93. The van der Waals surface area contributed by atoms with Crippen molar-refractivity contribution in [1.29, 1.82) is 0 Å². The summed E-state index contributed by atoms with van der Waals surface area (Å²) >= 11 is 0. The Morgan fingerprint density at radius 1 is 1.20 bits per heavy atom. The minimum atomic E-state index is -0.319. The van der Waals surface area contributed by atoms with Crippen LogP contribution in [0.1, 0.15) is 42.1 Å². The van der Waals surface area contributed by atoms with Gasteiger partial charge in [0, 0.05) is 12.5 Å². The summed E-state index contributed by atoms with van der Waals surface area (Å²) in [5.41, 5.74) is 2.41. The SMILES string of the molecule is Cc1ccc(C(CC(=O)NCC(=O)Nc2cc(C)on2)C2CC2)cc1. The van der Waals surface area contributed by atoms with Crippen LogP contribution in [0.2, 0.25) is 0 Å². The van der Waals surface area contributed by atoms with Crippen LogP contribution in [-0.4, -0.2) is 23.5 Å². The lowest BCUT2D eigenvalue weighted by atomic mass is 9.90. The van der Waals surface area contributed by atoms with Crippen molar-refractivity contribution in [2.24, 2.45) is 5.92 Å². The zero-order valence-electron chi connectivity index (χ0n) is 14.5. The lowest BCUT2D eigenvalue weighted by molar-refractivity contribution is -0.124. The normalized spacial score (nSPS) is 14.8. The molecule has 3 rings (SSSR count). The average Bonchev–Trinajstić information content (AvgIpc) is 3.34. The van der Waals surface area contributed by atoms with Gasteiger partial charge < -0.3 is 15.2 Å². The van der Waals surface area contributed by atoms with Gasteiger partial charge in [0.25, 0.3) is 0 Å². The highest BCUT2D eigenvalue weighted by atomic mass is 16.5. The molecule has 0 radical (unpaired) electrons. The maximum atomic E-state index is 12.3. The van der Waals surface area contributed by atoms with E-state index in [1.807, 2.05) is 0 Å². The van der Waals surface area contributed by atoms with Gasteiger partial charge in [0.1, 0.15) is 5.76 Å². The van der Waals surface area contributed by atoms with Crippen LogP contribution in [0.3, 0.4) is 0 Å². The van der Waals surface area contributed by atoms with Gasteiger partial charge in [0.2, 0.25) is 11.8 Å². The molecular formula is C19H23N3O3. The molecule has 132 valence electrons. The van der Waals surface area contributed by atoms with Crippen LogP contribution in [0.5, 0.6) is 0 Å². The van der Waals surface area contributed by atoms with Crippen molar-refractivity contribution < 1.29 is 14.1 Å². The summed E-state index contributed by atoms with van der Waals surface area (Å²) in [4.78, 5) is 24.1. The average molecular weight is 341 g/mol. The van der Waals surface area contributed by atoms with Crippen molar-refractivity contribution in [1.82, 2.24) is 10.5 Å². The molecule has 1 atom stereocenters. The molecule has 1 aliphatic carbocycles. The van der Waals surface area contributed by atoms with E-state index >= 15 is 0 Å². The highest BCUT2D eigenvalue weighted by Crippen LogP contribution is 2.44. The Hall–Kier alpha value is -2.63. The first-order valence-electron chi connectivity index (χ1n) is 8.57. The zero-order chi connectivity index (χ0) is 17.8. The summed E-state index contributed by atoms with van der Waals surface area (Å²) in [7, 11) is 0. The Balaban J connectivity index is 1.50. The summed E-state index contributed by atoms with van der Waals surface area (Å²) in [6.45, 7) is 3.72. The second kappa shape index (κ2) is 7.51. The topological polar surface area (TPSA) is 84.2 Å². The molecule has 0 bridgehead atoms. The third-order valence-corrected chi connectivity index (χ3v) is 4.44. The van der Waals surface area contributed by atoms with Gasteiger partial charge >= 0.3 is 0 Å². The highest BCUT2D eigenvalue weighted by Gasteiger charge is 2.33. The number of hydrogen-bond acceptors (Lipinski definition) is 4. The maximum Gasteiger partial charge on any atom is 0.245 e. The van der Waals surface area contributed by atoms with Crippen molar-refractivity contribution >= 4 is 17.6 Å². The number of aryl methyl sites for hydroxylation is 2. The van der Waals surface area contributed by atoms with Crippen LogP contribution < -0.4 is 10.6 Å². The Kier molecular flexibility index (Phi) is 5.16. The molecule has 6 nitrogen and oxygen atoms in total. The number of carbonyl (C=O) groups excluding carboxylic acids is 2. The molecule has 1 aromatic heterocycles. The van der Waals surface area contributed by atoms with E-state index in [1.165, 1.54) is 11.1 Å². The van der Waals surface area contributed by atoms with E-state index < -0.39 is 0 Å². The first kappa shape index (κ1) is 17.2. The van der Waals surface area contributed by atoms with Gasteiger partial charge in [0.05, 0.1) is 6.54 Å². The van der Waals surface area contributed by atoms with Crippen molar-refractivity contribution in [3.8, 4) is 0 Å². The second-order valence-electron chi connectivity index (χ2n) is 6.71. The lowest BCUT2D eigenvalue weighted by Crippen LogP contribution is -2.33. The van der Waals surface area contributed by atoms with Crippen molar-refractivity contribution in [3.63, 3.8) is 0 Å². The number of amides is 2. The minimum Gasteiger partial charge on any atom is -0.360 e. The Morgan fingerprint density at radius 2 is 1.92 bits per heavy atom. The van der Waals surface area contributed by atoms with E-state index in [2.05, 4.69) is 47.0 Å². The number of rotatable bonds is 7. The number of nitrogens with one attached hydrogen (secondary N) is 2. The van der Waals surface area contributed by atoms with E-state index in [9.17, 15) is 9.59 Å². The van der Waals surface area contributed by atoms with Crippen LogP contribution in [0.25, 0.3) is 0 Å². The number of carbonyl (C=O) groups is 2. The fourth-order valence-corrected chi connectivity index (χ4v) is 2.93. The summed E-state index contributed by atoms with van der Waals surface area (Å²) < 4.78 is 4.88. The molecule has 1 saturated carbocycles. The van der Waals surface area contributed by atoms with Gasteiger partial charge in [-0.25, -0.2) is 0 Å². The molecule has 1 aliphatic rings. The summed E-state index contributed by atoms with van der Waals surface area (Å²) in [5.74, 6) is 1.34. The largest absolute Gasteiger partial charge is 0.360 e. The van der Waals surface area contributed by atoms with Crippen LogP contribution >= 0.6 is 0 Å². The maximum absolute atomic E-state index is 12.3. The summed E-state index contributed by atoms with van der Waals surface area (Å²) in [5, 5.41) is 8.97. The van der Waals surface area contributed by atoms with E-state index in [1.54, 1.807) is 13.0 Å². The number of hydrogen-bond donors (Lipinski definition) is 2. The Morgan fingerprint density at radius 3 is 2.52 bits per heavy atom. The first-order valence-corrected chi connectivity index (χ1v) is 8.57. The van der Waals surface area contributed by atoms with Crippen LogP contribution in [0.4, 0.5) is 5.82 Å². The Bertz CT molecular complexity index is 748. The monoisotopic (exact) mass is 341 g/mol. The summed E-state index contributed by atoms with van der Waals surface area (Å²) in [6, 6.07) is 9.99. The lowest BCUT2D eigenvalue weighted by Gasteiger charge is -2.16. The fraction of sp³-hybridized carbons (Fsp3) is 0.421. The molecule has 2 N–H and O–H groups in total. The van der Waals surface area contributed by atoms with Crippen LogP contribution in [-0.2, 0) is 9.59 Å². The predicted octanol–water partition coefficient (Wildman–Crippen LogP) is 2.93. The minimum absolute atomic E-state index is 0.0734. The summed E-state index contributed by atoms with van der Waals surface area (Å²) in [6.07, 6.45) is 2.74. The molecule has 1 aromatic carbocycles. The smallest absolute Gasteiger partial charge is 0.245 e. The molecule has 1 unspecified atom stereocenters. The van der Waals surface area contributed by atoms with Crippen molar-refractivity contribution in [2.75, 3.05) is 11.9 Å². The van der Waals surface area contributed by atoms with Crippen LogP contribution in [0, 0.1) is 19.8 Å². The standard InChI is InChI=1S/C19H23N3O3/c1-12-3-5-14(6-4-12)16(15-7-8-15)10-18(23)20-11-19(24)21-17-9-13(2)25-22-17/h3-6,9,15-16H,7-8,10-11H2,1-2H3,(H,20,23)(H,21,22,24). The van der Waals surface area contributed by atoms with Gasteiger partial charge in [0.15, 0.2) is 5.82 Å². The van der Waals surface area contributed by atoms with Gasteiger partial charge in [-0.1, -0.05) is 35.0 Å². The third kappa shape index (κ3) is 4.92. The van der Waals surface area contributed by atoms with Crippen LogP contribution in [0.15, 0.2) is 34.9 Å². The molecule has 0 aliphatic heterocycles.